The molecular weight excluding hydrogens is 268 g/mol. The number of benzene rings is 1. The van der Waals surface area contributed by atoms with Crippen LogP contribution in [0, 0.1) is 0 Å². The molecule has 2 N–H and O–H groups in total. The van der Waals surface area contributed by atoms with E-state index in [1.165, 1.54) is 5.56 Å². The average molecular weight is 286 g/mol. The number of hydrogen-bond donors (Lipinski definition) is 2. The number of hydrogen-bond acceptors (Lipinski definition) is 3. The van der Waals surface area contributed by atoms with E-state index >= 15 is 0 Å². The molecule has 1 atom stereocenters. The number of anilines is 1. The molecule has 0 aliphatic carbocycles. The highest BCUT2D eigenvalue weighted by Crippen LogP contribution is 2.27. The zero-order chi connectivity index (χ0) is 14.7. The van der Waals surface area contributed by atoms with E-state index in [4.69, 9.17) is 4.74 Å². The minimum atomic E-state index is -0.245. The standard InChI is InChI=1S/C15H18N4O2/c1-2-19-10-12(8-17-19)18-15(20)16-9-13-7-11-5-3-4-6-14(11)21-13/h3-6,8,10,13H,2,7,9H2,1H3,(H2,16,18,20)/t13-/m1/s1. The van der Waals surface area contributed by atoms with E-state index in [9.17, 15) is 4.79 Å². The van der Waals surface area contributed by atoms with Gasteiger partial charge in [-0.3, -0.25) is 4.68 Å². The highest BCUT2D eigenvalue weighted by Gasteiger charge is 2.22. The second-order valence-corrected chi connectivity index (χ2v) is 4.97. The van der Waals surface area contributed by atoms with E-state index < -0.39 is 0 Å². The van der Waals surface area contributed by atoms with Crippen LogP contribution < -0.4 is 15.4 Å². The number of urea groups is 1. The fourth-order valence-electron chi connectivity index (χ4n) is 2.35. The highest BCUT2D eigenvalue weighted by atomic mass is 16.5. The molecule has 1 aromatic carbocycles. The first-order valence-electron chi connectivity index (χ1n) is 7.06. The summed E-state index contributed by atoms with van der Waals surface area (Å²) in [6.07, 6.45) is 4.24. The summed E-state index contributed by atoms with van der Waals surface area (Å²) in [5.41, 5.74) is 1.87. The van der Waals surface area contributed by atoms with Crippen LogP contribution in [-0.4, -0.2) is 28.5 Å². The molecule has 0 radical (unpaired) electrons. The number of para-hydroxylation sites is 1. The van der Waals surface area contributed by atoms with Crippen LogP contribution in [0.25, 0.3) is 0 Å². The second kappa shape index (κ2) is 5.87. The lowest BCUT2D eigenvalue weighted by atomic mass is 10.1. The Morgan fingerprint density at radius 2 is 2.33 bits per heavy atom. The van der Waals surface area contributed by atoms with Gasteiger partial charge in [0.25, 0.3) is 0 Å². The molecule has 0 saturated carbocycles. The number of carbonyl (C=O) groups is 1. The van der Waals surface area contributed by atoms with Crippen molar-refractivity contribution in [3.05, 3.63) is 42.2 Å². The summed E-state index contributed by atoms with van der Waals surface area (Å²) in [5.74, 6) is 0.911. The summed E-state index contributed by atoms with van der Waals surface area (Å²) in [6, 6.07) is 7.71. The van der Waals surface area contributed by atoms with Crippen LogP contribution in [0.3, 0.4) is 0 Å². The van der Waals surface area contributed by atoms with Gasteiger partial charge in [-0.25, -0.2) is 4.79 Å². The monoisotopic (exact) mass is 286 g/mol. The SMILES string of the molecule is CCn1cc(NC(=O)NC[C@H]2Cc3ccccc3O2)cn1. The molecule has 0 saturated heterocycles. The fourth-order valence-corrected chi connectivity index (χ4v) is 2.35. The minimum Gasteiger partial charge on any atom is -0.488 e. The smallest absolute Gasteiger partial charge is 0.319 e. The zero-order valence-electron chi connectivity index (χ0n) is 11.9. The van der Waals surface area contributed by atoms with E-state index in [1.807, 2.05) is 25.1 Å². The molecule has 2 heterocycles. The Labute approximate surface area is 123 Å². The Hall–Kier alpha value is -2.50. The van der Waals surface area contributed by atoms with Crippen LogP contribution in [0.5, 0.6) is 5.75 Å². The Balaban J connectivity index is 1.47. The maximum atomic E-state index is 11.8. The third-order valence-corrected chi connectivity index (χ3v) is 3.42. The molecular formula is C15H18N4O2. The third kappa shape index (κ3) is 3.16. The van der Waals surface area contributed by atoms with Crippen molar-refractivity contribution in [2.24, 2.45) is 0 Å². The number of fused-ring (bicyclic) bond motifs is 1. The number of aryl methyl sites for hydroxylation is 1. The zero-order valence-corrected chi connectivity index (χ0v) is 11.9. The normalized spacial score (nSPS) is 16.1. The number of amides is 2. The van der Waals surface area contributed by atoms with Crippen molar-refractivity contribution in [1.29, 1.82) is 0 Å². The van der Waals surface area contributed by atoms with Crippen LogP contribution in [0.1, 0.15) is 12.5 Å². The van der Waals surface area contributed by atoms with Gasteiger partial charge in [0.2, 0.25) is 0 Å². The van der Waals surface area contributed by atoms with Gasteiger partial charge < -0.3 is 15.4 Å². The van der Waals surface area contributed by atoms with Crippen LogP contribution in [0.4, 0.5) is 10.5 Å². The van der Waals surface area contributed by atoms with Crippen molar-refractivity contribution >= 4 is 11.7 Å². The summed E-state index contributed by atoms with van der Waals surface area (Å²) in [5, 5.41) is 9.68. The maximum absolute atomic E-state index is 11.8. The Morgan fingerprint density at radius 3 is 3.10 bits per heavy atom. The number of ether oxygens (including phenoxy) is 1. The third-order valence-electron chi connectivity index (χ3n) is 3.42. The van der Waals surface area contributed by atoms with Gasteiger partial charge in [-0.1, -0.05) is 18.2 Å². The largest absolute Gasteiger partial charge is 0.488 e. The molecule has 1 aliphatic rings. The number of nitrogens with zero attached hydrogens (tertiary/aromatic N) is 2. The van der Waals surface area contributed by atoms with Crippen LogP contribution >= 0.6 is 0 Å². The molecule has 2 aromatic rings. The van der Waals surface area contributed by atoms with E-state index in [0.29, 0.717) is 12.2 Å². The quantitative estimate of drug-likeness (QED) is 0.903. The van der Waals surface area contributed by atoms with Gasteiger partial charge >= 0.3 is 6.03 Å². The predicted octanol–water partition coefficient (Wildman–Crippen LogP) is 2.03. The van der Waals surface area contributed by atoms with Gasteiger partial charge in [0.05, 0.1) is 18.4 Å². The lowest BCUT2D eigenvalue weighted by molar-refractivity contribution is 0.219. The van der Waals surface area contributed by atoms with Crippen LogP contribution in [-0.2, 0) is 13.0 Å². The summed E-state index contributed by atoms with van der Waals surface area (Å²) >= 11 is 0. The van der Waals surface area contributed by atoms with Crippen molar-refractivity contribution < 1.29 is 9.53 Å². The number of carbonyl (C=O) groups excluding carboxylic acids is 1. The van der Waals surface area contributed by atoms with E-state index in [0.717, 1.165) is 18.7 Å². The number of rotatable bonds is 4. The van der Waals surface area contributed by atoms with Crippen molar-refractivity contribution in [2.75, 3.05) is 11.9 Å². The molecule has 3 rings (SSSR count). The van der Waals surface area contributed by atoms with Gasteiger partial charge in [-0.05, 0) is 18.6 Å². The van der Waals surface area contributed by atoms with Crippen molar-refractivity contribution in [3.63, 3.8) is 0 Å². The predicted molar refractivity (Wildman–Crippen MR) is 79.5 cm³/mol. The first kappa shape index (κ1) is 13.5. The highest BCUT2D eigenvalue weighted by molar-refractivity contribution is 5.88. The van der Waals surface area contributed by atoms with E-state index in [1.54, 1.807) is 17.1 Å². The molecule has 0 unspecified atom stereocenters. The van der Waals surface area contributed by atoms with Crippen LogP contribution in [0.2, 0.25) is 0 Å². The molecule has 110 valence electrons. The summed E-state index contributed by atoms with van der Waals surface area (Å²) in [6.45, 7) is 3.24. The Bertz CT molecular complexity index is 613. The lowest BCUT2D eigenvalue weighted by Gasteiger charge is -2.12. The number of nitrogens with one attached hydrogen (secondary N) is 2. The van der Waals surface area contributed by atoms with Gasteiger partial charge in [-0.15, -0.1) is 0 Å². The van der Waals surface area contributed by atoms with E-state index in [-0.39, 0.29) is 12.1 Å². The molecule has 1 aromatic heterocycles. The van der Waals surface area contributed by atoms with Crippen molar-refractivity contribution in [1.82, 2.24) is 15.1 Å². The minimum absolute atomic E-state index is 0.00786. The van der Waals surface area contributed by atoms with Crippen LogP contribution in [0.15, 0.2) is 36.7 Å². The molecule has 6 nitrogen and oxygen atoms in total. The Kier molecular flexibility index (Phi) is 3.77. The van der Waals surface area contributed by atoms with Gasteiger partial charge in [0, 0.05) is 19.2 Å². The van der Waals surface area contributed by atoms with Crippen molar-refractivity contribution in [3.8, 4) is 5.75 Å². The lowest BCUT2D eigenvalue weighted by Crippen LogP contribution is -2.37. The molecule has 0 fully saturated rings. The Morgan fingerprint density at radius 1 is 1.48 bits per heavy atom. The summed E-state index contributed by atoms with van der Waals surface area (Å²) in [7, 11) is 0. The van der Waals surface area contributed by atoms with Crippen molar-refractivity contribution in [2.45, 2.75) is 26.0 Å². The van der Waals surface area contributed by atoms with Gasteiger partial charge in [-0.2, -0.15) is 5.10 Å². The number of aromatic nitrogens is 2. The molecule has 2 amide bonds. The van der Waals surface area contributed by atoms with E-state index in [2.05, 4.69) is 21.8 Å². The molecule has 0 spiro atoms. The van der Waals surface area contributed by atoms with Gasteiger partial charge in [0.1, 0.15) is 11.9 Å². The average Bonchev–Trinajstić information content (AvgIpc) is 3.10. The fraction of sp³-hybridized carbons (Fsp3) is 0.333. The first-order valence-corrected chi connectivity index (χ1v) is 7.06. The maximum Gasteiger partial charge on any atom is 0.319 e. The first-order chi connectivity index (χ1) is 10.2. The molecule has 6 heteroatoms. The topological polar surface area (TPSA) is 68.2 Å². The molecule has 21 heavy (non-hydrogen) atoms. The summed E-state index contributed by atoms with van der Waals surface area (Å²) < 4.78 is 7.53. The summed E-state index contributed by atoms with van der Waals surface area (Å²) in [4.78, 5) is 11.8. The second-order valence-electron chi connectivity index (χ2n) is 4.97. The molecule has 1 aliphatic heterocycles. The molecule has 0 bridgehead atoms. The van der Waals surface area contributed by atoms with Gasteiger partial charge in [0.15, 0.2) is 0 Å².